The van der Waals surface area contributed by atoms with Crippen molar-refractivity contribution in [1.82, 2.24) is 14.8 Å². The van der Waals surface area contributed by atoms with Gasteiger partial charge in [-0.25, -0.2) is 4.79 Å². The van der Waals surface area contributed by atoms with Gasteiger partial charge >= 0.3 is 6.03 Å². The molecule has 6 heteroatoms. The number of carbonyl (C=O) groups is 1. The molecule has 168 valence electrons. The van der Waals surface area contributed by atoms with Gasteiger partial charge in [0.1, 0.15) is 5.75 Å². The fraction of sp³-hybridized carbons (Fsp3) is 0.333. The lowest BCUT2D eigenvalue weighted by Gasteiger charge is -2.51. The molecule has 7 rings (SSSR count). The molecule has 4 fully saturated rings. The number of hydrogen-bond donors (Lipinski definition) is 1. The lowest BCUT2D eigenvalue weighted by molar-refractivity contribution is 0.00492. The molecule has 0 saturated carbocycles. The van der Waals surface area contributed by atoms with E-state index in [1.54, 1.807) is 0 Å². The van der Waals surface area contributed by atoms with E-state index in [0.29, 0.717) is 29.9 Å². The van der Waals surface area contributed by atoms with Crippen molar-refractivity contribution >= 4 is 11.7 Å². The minimum absolute atomic E-state index is 0.0470. The number of amides is 2. The Hall–Kier alpha value is -3.38. The highest BCUT2D eigenvalue weighted by molar-refractivity contribution is 5.91. The smallest absolute Gasteiger partial charge is 0.322 e. The van der Waals surface area contributed by atoms with Crippen molar-refractivity contribution in [3.63, 3.8) is 0 Å². The molecular weight excluding hydrogens is 412 g/mol. The van der Waals surface area contributed by atoms with Gasteiger partial charge in [0.05, 0.1) is 11.7 Å². The highest BCUT2D eigenvalue weighted by Gasteiger charge is 2.54. The fourth-order valence-corrected chi connectivity index (χ4v) is 6.00. The van der Waals surface area contributed by atoms with Crippen LogP contribution in [0.2, 0.25) is 0 Å². The summed E-state index contributed by atoms with van der Waals surface area (Å²) in [6.45, 7) is 2.97. The second kappa shape index (κ2) is 8.52. The second-order valence-corrected chi connectivity index (χ2v) is 9.24. The van der Waals surface area contributed by atoms with Gasteiger partial charge in [-0.15, -0.1) is 0 Å². The van der Waals surface area contributed by atoms with Gasteiger partial charge in [-0.3, -0.25) is 9.88 Å². The third-order valence-electron chi connectivity index (χ3n) is 7.47. The lowest BCUT2D eigenvalue weighted by atomic mass is 9.75. The Bertz CT molecular complexity index is 1120. The Morgan fingerprint density at radius 1 is 0.939 bits per heavy atom. The predicted octanol–water partition coefficient (Wildman–Crippen LogP) is 4.97. The van der Waals surface area contributed by atoms with E-state index in [1.165, 1.54) is 18.4 Å². The number of likely N-dealkylation sites (tertiary alicyclic amines) is 1. The first kappa shape index (κ1) is 20.2. The minimum Gasteiger partial charge on any atom is -0.455 e. The van der Waals surface area contributed by atoms with Gasteiger partial charge in [0.25, 0.3) is 0 Å². The molecule has 2 amide bonds. The maximum absolute atomic E-state index is 13.7. The predicted molar refractivity (Wildman–Crippen MR) is 128 cm³/mol. The minimum atomic E-state index is -0.0470. The van der Waals surface area contributed by atoms with Gasteiger partial charge in [0.2, 0.25) is 0 Å². The molecular formula is C27H28N4O2. The summed E-state index contributed by atoms with van der Waals surface area (Å²) in [5.74, 6) is 2.23. The van der Waals surface area contributed by atoms with Crippen molar-refractivity contribution in [1.29, 1.82) is 0 Å². The lowest BCUT2D eigenvalue weighted by Crippen LogP contribution is -2.61. The number of anilines is 1. The van der Waals surface area contributed by atoms with E-state index >= 15 is 0 Å². The number of benzene rings is 2. The van der Waals surface area contributed by atoms with Crippen LogP contribution < -0.4 is 10.1 Å². The highest BCUT2D eigenvalue weighted by atomic mass is 16.5. The highest BCUT2D eigenvalue weighted by Crippen LogP contribution is 2.46. The molecule has 4 aliphatic heterocycles. The summed E-state index contributed by atoms with van der Waals surface area (Å²) in [5, 5.41) is 3.17. The maximum Gasteiger partial charge on any atom is 0.322 e. The third-order valence-corrected chi connectivity index (χ3v) is 7.47. The van der Waals surface area contributed by atoms with Crippen molar-refractivity contribution in [2.45, 2.75) is 30.8 Å². The molecule has 0 aliphatic carbocycles. The number of piperidine rings is 3. The maximum atomic E-state index is 13.7. The van der Waals surface area contributed by atoms with Crippen LogP contribution in [0.5, 0.6) is 11.5 Å². The molecule has 3 aromatic rings. The van der Waals surface area contributed by atoms with Crippen LogP contribution in [0.15, 0.2) is 79.1 Å². The molecule has 33 heavy (non-hydrogen) atoms. The number of para-hydroxylation sites is 3. The average Bonchev–Trinajstić information content (AvgIpc) is 3.30. The summed E-state index contributed by atoms with van der Waals surface area (Å²) in [6, 6.07) is 22.0. The molecule has 2 aromatic carbocycles. The number of pyridine rings is 1. The Kier molecular flexibility index (Phi) is 5.23. The topological polar surface area (TPSA) is 57.7 Å². The fourth-order valence-electron chi connectivity index (χ4n) is 6.00. The summed E-state index contributed by atoms with van der Waals surface area (Å²) in [7, 11) is 0. The second-order valence-electron chi connectivity index (χ2n) is 9.24. The Balaban J connectivity index is 1.27. The van der Waals surface area contributed by atoms with E-state index in [4.69, 9.17) is 4.74 Å². The van der Waals surface area contributed by atoms with Crippen LogP contribution in [0.4, 0.5) is 10.5 Å². The van der Waals surface area contributed by atoms with Gasteiger partial charge in [0, 0.05) is 30.9 Å². The van der Waals surface area contributed by atoms with Gasteiger partial charge in [0.15, 0.2) is 5.75 Å². The molecule has 0 spiro atoms. The number of hydrogen-bond acceptors (Lipinski definition) is 4. The monoisotopic (exact) mass is 440 g/mol. The Morgan fingerprint density at radius 2 is 1.73 bits per heavy atom. The summed E-state index contributed by atoms with van der Waals surface area (Å²) in [6.07, 6.45) is 6.11. The largest absolute Gasteiger partial charge is 0.455 e. The first-order chi connectivity index (χ1) is 16.3. The molecule has 5 heterocycles. The van der Waals surface area contributed by atoms with Crippen molar-refractivity contribution in [2.75, 3.05) is 25.0 Å². The normalized spacial score (nSPS) is 27.8. The molecule has 4 aliphatic rings. The van der Waals surface area contributed by atoms with E-state index in [1.807, 2.05) is 73.1 Å². The number of carbonyl (C=O) groups excluding carboxylic acids is 1. The van der Waals surface area contributed by atoms with Crippen LogP contribution in [-0.4, -0.2) is 52.5 Å². The molecule has 2 bridgehead atoms. The molecule has 1 aromatic heterocycles. The van der Waals surface area contributed by atoms with Crippen molar-refractivity contribution < 1.29 is 9.53 Å². The SMILES string of the molecule is O=C(Nc1ccccc1Oc1ccccc1)N1CC(c2cccnc2)C2C1C1CCN2CC1. The number of ether oxygens (including phenoxy) is 1. The van der Waals surface area contributed by atoms with Gasteiger partial charge in [-0.2, -0.15) is 0 Å². The molecule has 4 saturated heterocycles. The summed E-state index contributed by atoms with van der Waals surface area (Å²) in [4.78, 5) is 22.7. The summed E-state index contributed by atoms with van der Waals surface area (Å²) < 4.78 is 6.07. The molecule has 3 atom stereocenters. The van der Waals surface area contributed by atoms with E-state index in [-0.39, 0.29) is 18.0 Å². The standard InChI is InChI=1S/C27H28N4O2/c32-27(29-23-10-4-5-11-24(23)33-21-8-2-1-3-9-21)31-18-22(20-7-6-14-28-17-20)26-25(31)19-12-15-30(26)16-13-19/h1-11,14,17,19,22,25-26H,12-13,15-16,18H2,(H,29,32). The Labute approximate surface area is 194 Å². The van der Waals surface area contributed by atoms with Crippen LogP contribution in [0.25, 0.3) is 0 Å². The first-order valence-electron chi connectivity index (χ1n) is 11.8. The zero-order valence-corrected chi connectivity index (χ0v) is 18.5. The average molecular weight is 441 g/mol. The summed E-state index contributed by atoms with van der Waals surface area (Å²) in [5.41, 5.74) is 1.91. The van der Waals surface area contributed by atoms with E-state index in [0.717, 1.165) is 18.8 Å². The number of aromatic nitrogens is 1. The zero-order chi connectivity index (χ0) is 22.2. The quantitative estimate of drug-likeness (QED) is 0.623. The van der Waals surface area contributed by atoms with Crippen LogP contribution in [0.3, 0.4) is 0 Å². The Morgan fingerprint density at radius 3 is 2.52 bits per heavy atom. The van der Waals surface area contributed by atoms with Crippen molar-refractivity contribution in [3.8, 4) is 11.5 Å². The molecule has 0 radical (unpaired) electrons. The van der Waals surface area contributed by atoms with Crippen LogP contribution >= 0.6 is 0 Å². The van der Waals surface area contributed by atoms with E-state index < -0.39 is 0 Å². The van der Waals surface area contributed by atoms with Crippen LogP contribution in [0, 0.1) is 5.92 Å². The van der Waals surface area contributed by atoms with Gasteiger partial charge in [-0.1, -0.05) is 36.4 Å². The molecule has 3 unspecified atom stereocenters. The zero-order valence-electron chi connectivity index (χ0n) is 18.5. The summed E-state index contributed by atoms with van der Waals surface area (Å²) >= 11 is 0. The van der Waals surface area contributed by atoms with Gasteiger partial charge < -0.3 is 15.0 Å². The van der Waals surface area contributed by atoms with Crippen molar-refractivity contribution in [2.24, 2.45) is 5.92 Å². The van der Waals surface area contributed by atoms with Crippen molar-refractivity contribution in [3.05, 3.63) is 84.7 Å². The van der Waals surface area contributed by atoms with Crippen LogP contribution in [-0.2, 0) is 0 Å². The van der Waals surface area contributed by atoms with E-state index in [9.17, 15) is 4.79 Å². The first-order valence-corrected chi connectivity index (χ1v) is 11.8. The number of nitrogens with one attached hydrogen (secondary N) is 1. The van der Waals surface area contributed by atoms with Gasteiger partial charge in [-0.05, 0) is 67.7 Å². The third kappa shape index (κ3) is 3.74. The number of nitrogens with zero attached hydrogens (tertiary/aromatic N) is 3. The van der Waals surface area contributed by atoms with E-state index in [2.05, 4.69) is 26.2 Å². The number of rotatable bonds is 4. The number of urea groups is 1. The van der Waals surface area contributed by atoms with Crippen LogP contribution in [0.1, 0.15) is 24.3 Å². The molecule has 6 nitrogen and oxygen atoms in total. The number of fused-ring (bicyclic) bond motifs is 2. The molecule has 1 N–H and O–H groups in total.